The van der Waals surface area contributed by atoms with Crippen LogP contribution in [0, 0.1) is 0 Å². The molecule has 0 radical (unpaired) electrons. The number of hydrogen-bond acceptors (Lipinski definition) is 6. The number of piperidine rings is 1. The van der Waals surface area contributed by atoms with Gasteiger partial charge in [-0.1, -0.05) is 12.2 Å². The van der Waals surface area contributed by atoms with E-state index >= 15 is 0 Å². The molecular weight excluding hydrogens is 385 g/mol. The van der Waals surface area contributed by atoms with Crippen LogP contribution < -0.4 is 0 Å². The summed E-state index contributed by atoms with van der Waals surface area (Å²) in [6, 6.07) is 0. The first kappa shape index (κ1) is 23.4. The van der Waals surface area contributed by atoms with Gasteiger partial charge >= 0.3 is 15.6 Å². The molecule has 2 heterocycles. The first-order valence-electron chi connectivity index (χ1n) is 8.47. The Kier molecular flexibility index (Phi) is 9.20. The van der Waals surface area contributed by atoms with E-state index in [0.717, 1.165) is 32.5 Å². The maximum atomic E-state index is 12.0. The van der Waals surface area contributed by atoms with Crippen LogP contribution in [-0.4, -0.2) is 68.8 Å². The fourth-order valence-electron chi connectivity index (χ4n) is 2.47. The molecule has 1 fully saturated rings. The van der Waals surface area contributed by atoms with Crippen molar-refractivity contribution in [2.75, 3.05) is 39.3 Å². The van der Waals surface area contributed by atoms with E-state index in [1.807, 2.05) is 11.0 Å². The molecule has 2 rings (SSSR count). The lowest BCUT2D eigenvalue weighted by Crippen LogP contribution is -2.33. The Labute approximate surface area is 158 Å². The van der Waals surface area contributed by atoms with Crippen molar-refractivity contribution < 1.29 is 30.6 Å². The van der Waals surface area contributed by atoms with Gasteiger partial charge in [0.2, 0.25) is 0 Å². The predicted molar refractivity (Wildman–Crippen MR) is 96.3 cm³/mol. The second-order valence-electron chi connectivity index (χ2n) is 6.08. The molecule has 2 aliphatic rings. The Hall–Kier alpha value is -1.65. The summed E-state index contributed by atoms with van der Waals surface area (Å²) in [6.45, 7) is 11.3. The Balaban J connectivity index is 0.000000309. The molecule has 0 N–H and O–H groups in total. The lowest BCUT2D eigenvalue weighted by atomic mass is 10.1. The fraction of sp³-hybridized carbons (Fsp3) is 0.588. The van der Waals surface area contributed by atoms with Crippen LogP contribution in [0.15, 0.2) is 37.1 Å². The summed E-state index contributed by atoms with van der Waals surface area (Å²) in [5, 5.41) is 0. The highest BCUT2D eigenvalue weighted by molar-refractivity contribution is 7.87. The molecule has 0 bridgehead atoms. The molecule has 0 aliphatic carbocycles. The number of hydrogen-bond donors (Lipinski definition) is 0. The van der Waals surface area contributed by atoms with E-state index in [-0.39, 0.29) is 12.2 Å². The van der Waals surface area contributed by atoms with Crippen LogP contribution in [0.5, 0.6) is 0 Å². The molecule has 0 atom stereocenters. The minimum absolute atomic E-state index is 0.128. The Morgan fingerprint density at radius 2 is 1.56 bits per heavy atom. The van der Waals surface area contributed by atoms with Crippen molar-refractivity contribution in [3.63, 3.8) is 0 Å². The van der Waals surface area contributed by atoms with E-state index in [0.29, 0.717) is 25.4 Å². The number of halogens is 3. The van der Waals surface area contributed by atoms with Gasteiger partial charge in [0.25, 0.3) is 0 Å². The average molecular weight is 410 g/mol. The minimum atomic E-state index is -5.53. The van der Waals surface area contributed by atoms with E-state index < -0.39 is 15.6 Å². The van der Waals surface area contributed by atoms with E-state index in [4.69, 9.17) is 0 Å². The van der Waals surface area contributed by atoms with Crippen molar-refractivity contribution in [1.82, 2.24) is 9.80 Å². The van der Waals surface area contributed by atoms with E-state index in [1.54, 1.807) is 6.08 Å². The number of ketones is 1. The molecule has 154 valence electrons. The Morgan fingerprint density at radius 1 is 1.04 bits per heavy atom. The molecule has 0 spiro atoms. The Morgan fingerprint density at radius 3 is 2.00 bits per heavy atom. The first-order valence-corrected chi connectivity index (χ1v) is 9.88. The van der Waals surface area contributed by atoms with E-state index in [1.165, 1.54) is 6.08 Å². The third-order valence-corrected chi connectivity index (χ3v) is 4.94. The van der Waals surface area contributed by atoms with Crippen LogP contribution in [0.2, 0.25) is 0 Å². The standard InChI is InChI=1S/C9H12F3NO3S.C8H13NO/c1-2-5-13-6-3-8(4-7-13)16-17(14,15)9(10,11)12;1-2-5-9-6-3-8(10)4-7-9/h2-3H,1,4-7H2;2H,1,3-7H2. The van der Waals surface area contributed by atoms with Gasteiger partial charge < -0.3 is 4.18 Å². The minimum Gasteiger partial charge on any atom is -0.381 e. The summed E-state index contributed by atoms with van der Waals surface area (Å²) < 4.78 is 61.5. The maximum absolute atomic E-state index is 12.0. The lowest BCUT2D eigenvalue weighted by molar-refractivity contribution is -0.121. The average Bonchev–Trinajstić information content (AvgIpc) is 2.59. The molecule has 0 aromatic carbocycles. The molecule has 27 heavy (non-hydrogen) atoms. The van der Waals surface area contributed by atoms with Crippen LogP contribution >= 0.6 is 0 Å². The van der Waals surface area contributed by atoms with Gasteiger partial charge in [0.05, 0.1) is 0 Å². The van der Waals surface area contributed by atoms with Gasteiger partial charge in [-0.25, -0.2) is 0 Å². The van der Waals surface area contributed by atoms with Crippen molar-refractivity contribution in [1.29, 1.82) is 0 Å². The van der Waals surface area contributed by atoms with Crippen LogP contribution in [0.1, 0.15) is 19.3 Å². The Bertz CT molecular complexity index is 650. The van der Waals surface area contributed by atoms with Gasteiger partial charge in [0.1, 0.15) is 11.5 Å². The smallest absolute Gasteiger partial charge is 0.381 e. The number of Topliss-reactive ketones (excluding diaryl/α,β-unsaturated/α-hetero) is 1. The van der Waals surface area contributed by atoms with Crippen molar-refractivity contribution >= 4 is 15.9 Å². The molecule has 1 saturated heterocycles. The van der Waals surface area contributed by atoms with Crippen molar-refractivity contribution in [3.05, 3.63) is 37.1 Å². The predicted octanol–water partition coefficient (Wildman–Crippen LogP) is 2.47. The van der Waals surface area contributed by atoms with Gasteiger partial charge in [0, 0.05) is 58.5 Å². The highest BCUT2D eigenvalue weighted by atomic mass is 32.2. The molecule has 0 amide bonds. The van der Waals surface area contributed by atoms with Gasteiger partial charge in [-0.05, 0) is 6.08 Å². The zero-order chi connectivity index (χ0) is 20.5. The van der Waals surface area contributed by atoms with Gasteiger partial charge in [0.15, 0.2) is 0 Å². The number of carbonyl (C=O) groups excluding carboxylic acids is 1. The van der Waals surface area contributed by atoms with Gasteiger partial charge in [-0.2, -0.15) is 21.6 Å². The highest BCUT2D eigenvalue weighted by Gasteiger charge is 2.48. The van der Waals surface area contributed by atoms with Crippen LogP contribution in [0.3, 0.4) is 0 Å². The summed E-state index contributed by atoms with van der Waals surface area (Å²) in [5.41, 5.74) is -5.38. The topological polar surface area (TPSA) is 66.9 Å². The number of nitrogens with zero attached hydrogens (tertiary/aromatic N) is 2. The zero-order valence-corrected chi connectivity index (χ0v) is 15.9. The lowest BCUT2D eigenvalue weighted by Gasteiger charge is -2.24. The third-order valence-electron chi connectivity index (χ3n) is 3.94. The fourth-order valence-corrected chi connectivity index (χ4v) is 3.00. The largest absolute Gasteiger partial charge is 0.534 e. The summed E-state index contributed by atoms with van der Waals surface area (Å²) in [5.74, 6) is 0.239. The second kappa shape index (κ2) is 10.6. The number of likely N-dealkylation sites (tertiary alicyclic amines) is 1. The maximum Gasteiger partial charge on any atom is 0.534 e. The van der Waals surface area contributed by atoms with Crippen molar-refractivity contribution in [2.24, 2.45) is 0 Å². The molecule has 0 aromatic rings. The monoisotopic (exact) mass is 410 g/mol. The molecule has 0 saturated carbocycles. The van der Waals surface area contributed by atoms with Crippen LogP contribution in [0.25, 0.3) is 0 Å². The van der Waals surface area contributed by atoms with E-state index in [2.05, 4.69) is 22.2 Å². The highest BCUT2D eigenvalue weighted by Crippen LogP contribution is 2.28. The molecule has 0 unspecified atom stereocenters. The summed E-state index contributed by atoms with van der Waals surface area (Å²) in [6.07, 6.45) is 6.46. The summed E-state index contributed by atoms with van der Waals surface area (Å²) in [7, 11) is -5.53. The molecule has 0 aromatic heterocycles. The van der Waals surface area contributed by atoms with Crippen molar-refractivity contribution in [3.8, 4) is 0 Å². The van der Waals surface area contributed by atoms with E-state index in [9.17, 15) is 26.4 Å². The normalized spacial score (nSPS) is 19.5. The quantitative estimate of drug-likeness (QED) is 0.381. The third kappa shape index (κ3) is 8.27. The van der Waals surface area contributed by atoms with Gasteiger partial charge in [-0.3, -0.25) is 14.6 Å². The SMILES string of the molecule is C=CCN1CC=C(OS(=O)(=O)C(F)(F)F)CC1.C=CCN1CCC(=O)CC1. The first-order chi connectivity index (χ1) is 12.6. The molecule has 2 aliphatic heterocycles. The van der Waals surface area contributed by atoms with Crippen LogP contribution in [0.4, 0.5) is 13.2 Å². The summed E-state index contributed by atoms with van der Waals surface area (Å²) >= 11 is 0. The second-order valence-corrected chi connectivity index (χ2v) is 7.62. The van der Waals surface area contributed by atoms with Crippen LogP contribution in [-0.2, 0) is 19.1 Å². The number of alkyl halides is 3. The molecule has 10 heteroatoms. The molecule has 6 nitrogen and oxygen atoms in total. The number of carbonyl (C=O) groups is 1. The summed E-state index contributed by atoms with van der Waals surface area (Å²) in [4.78, 5) is 14.9. The number of rotatable bonds is 6. The van der Waals surface area contributed by atoms with Crippen molar-refractivity contribution in [2.45, 2.75) is 24.8 Å². The molecular formula is C17H25F3N2O4S. The van der Waals surface area contributed by atoms with Gasteiger partial charge in [-0.15, -0.1) is 13.2 Å². The zero-order valence-electron chi connectivity index (χ0n) is 15.1.